The third kappa shape index (κ3) is 2.36. The number of halogens is 2. The van der Waals surface area contributed by atoms with Crippen LogP contribution in [0.2, 0.25) is 0 Å². The lowest BCUT2D eigenvalue weighted by atomic mass is 9.96. The predicted molar refractivity (Wildman–Crippen MR) is 85.9 cm³/mol. The Balaban J connectivity index is 2.17. The monoisotopic (exact) mass is 328 g/mol. The zero-order valence-corrected chi connectivity index (χ0v) is 12.7. The van der Waals surface area contributed by atoms with Gasteiger partial charge in [0.15, 0.2) is 0 Å². The maximum absolute atomic E-state index is 13.4. The molecule has 20 heavy (non-hydrogen) atoms. The fourth-order valence-electron chi connectivity index (χ4n) is 2.54. The molecule has 0 saturated carbocycles. The normalized spacial score (nSPS) is 12.6. The smallest absolute Gasteiger partial charge is 0.123 e. The molecule has 0 fully saturated rings. The van der Waals surface area contributed by atoms with Gasteiger partial charge in [0.2, 0.25) is 0 Å². The van der Waals surface area contributed by atoms with Crippen LogP contribution in [0.4, 0.5) is 4.39 Å². The van der Waals surface area contributed by atoms with Crippen molar-refractivity contribution in [2.24, 2.45) is 0 Å². The van der Waals surface area contributed by atoms with E-state index < -0.39 is 0 Å². The standard InChI is InChI=1S/C18H14BrF/c1-12-9-10-17(16-8-3-2-7-15(12)16)18(19)13-5-4-6-14(20)11-13/h2-11,18H,1H3. The number of aryl methyl sites for hydroxylation is 1. The van der Waals surface area contributed by atoms with E-state index in [2.05, 4.69) is 47.1 Å². The van der Waals surface area contributed by atoms with Crippen molar-refractivity contribution in [1.82, 2.24) is 0 Å². The lowest BCUT2D eigenvalue weighted by Gasteiger charge is -2.15. The van der Waals surface area contributed by atoms with Crippen LogP contribution in [-0.4, -0.2) is 0 Å². The molecule has 0 radical (unpaired) electrons. The van der Waals surface area contributed by atoms with Crippen LogP contribution in [0.5, 0.6) is 0 Å². The molecule has 0 bridgehead atoms. The Morgan fingerprint density at radius 2 is 1.65 bits per heavy atom. The fourth-order valence-corrected chi connectivity index (χ4v) is 3.22. The van der Waals surface area contributed by atoms with Crippen LogP contribution < -0.4 is 0 Å². The van der Waals surface area contributed by atoms with Gasteiger partial charge in [-0.1, -0.05) is 64.5 Å². The summed E-state index contributed by atoms with van der Waals surface area (Å²) in [5, 5.41) is 2.45. The maximum atomic E-state index is 13.4. The molecule has 0 N–H and O–H groups in total. The quantitative estimate of drug-likeness (QED) is 0.524. The first kappa shape index (κ1) is 13.3. The predicted octanol–water partition coefficient (Wildman–Crippen LogP) is 5.77. The molecule has 0 heterocycles. The van der Waals surface area contributed by atoms with Crippen molar-refractivity contribution < 1.29 is 4.39 Å². The summed E-state index contributed by atoms with van der Waals surface area (Å²) in [7, 11) is 0. The Hall–Kier alpha value is -1.67. The van der Waals surface area contributed by atoms with Gasteiger partial charge >= 0.3 is 0 Å². The number of fused-ring (bicyclic) bond motifs is 1. The molecule has 0 spiro atoms. The second-order valence-electron chi connectivity index (χ2n) is 4.93. The number of benzene rings is 3. The summed E-state index contributed by atoms with van der Waals surface area (Å²) in [6.07, 6.45) is 0. The molecule has 0 aliphatic rings. The minimum atomic E-state index is -0.205. The van der Waals surface area contributed by atoms with Crippen molar-refractivity contribution in [2.75, 3.05) is 0 Å². The van der Waals surface area contributed by atoms with Crippen molar-refractivity contribution in [1.29, 1.82) is 0 Å². The molecule has 0 aliphatic carbocycles. The molecule has 1 unspecified atom stereocenters. The van der Waals surface area contributed by atoms with E-state index in [1.54, 1.807) is 12.1 Å². The van der Waals surface area contributed by atoms with Crippen LogP contribution in [-0.2, 0) is 0 Å². The third-order valence-electron chi connectivity index (χ3n) is 3.59. The summed E-state index contributed by atoms with van der Waals surface area (Å²) in [6.45, 7) is 2.11. The van der Waals surface area contributed by atoms with Crippen molar-refractivity contribution >= 4 is 26.7 Å². The van der Waals surface area contributed by atoms with E-state index in [1.165, 1.54) is 22.4 Å². The summed E-state index contributed by atoms with van der Waals surface area (Å²) in [5.74, 6) is -0.205. The Morgan fingerprint density at radius 3 is 2.40 bits per heavy atom. The van der Waals surface area contributed by atoms with Crippen molar-refractivity contribution in [3.63, 3.8) is 0 Å². The molecular formula is C18H14BrF. The number of hydrogen-bond donors (Lipinski definition) is 0. The van der Waals surface area contributed by atoms with E-state index in [-0.39, 0.29) is 10.6 Å². The first-order chi connectivity index (χ1) is 9.66. The summed E-state index contributed by atoms with van der Waals surface area (Å²) in [6, 6.07) is 19.3. The fraction of sp³-hybridized carbons (Fsp3) is 0.111. The lowest BCUT2D eigenvalue weighted by molar-refractivity contribution is 0.626. The molecule has 0 nitrogen and oxygen atoms in total. The second kappa shape index (κ2) is 5.37. The molecule has 0 aliphatic heterocycles. The highest BCUT2D eigenvalue weighted by Gasteiger charge is 2.14. The van der Waals surface area contributed by atoms with Gasteiger partial charge in [-0.3, -0.25) is 0 Å². The van der Waals surface area contributed by atoms with Crippen molar-refractivity contribution in [3.05, 3.63) is 83.2 Å². The Bertz CT molecular complexity index is 764. The van der Waals surface area contributed by atoms with Gasteiger partial charge in [0.1, 0.15) is 5.82 Å². The molecule has 0 aromatic heterocycles. The molecule has 0 amide bonds. The molecule has 2 heteroatoms. The number of rotatable bonds is 2. The van der Waals surface area contributed by atoms with Crippen LogP contribution in [0.3, 0.4) is 0 Å². The molecule has 3 rings (SSSR count). The van der Waals surface area contributed by atoms with Crippen molar-refractivity contribution in [2.45, 2.75) is 11.8 Å². The van der Waals surface area contributed by atoms with Gasteiger partial charge in [-0.2, -0.15) is 0 Å². The van der Waals surface area contributed by atoms with Gasteiger partial charge < -0.3 is 0 Å². The van der Waals surface area contributed by atoms with Crippen LogP contribution >= 0.6 is 15.9 Å². The molecular weight excluding hydrogens is 315 g/mol. The highest BCUT2D eigenvalue weighted by atomic mass is 79.9. The molecule has 3 aromatic rings. The average molecular weight is 329 g/mol. The van der Waals surface area contributed by atoms with Gasteiger partial charge in [0, 0.05) is 0 Å². The first-order valence-electron chi connectivity index (χ1n) is 6.54. The van der Waals surface area contributed by atoms with Crippen LogP contribution in [0.15, 0.2) is 60.7 Å². The topological polar surface area (TPSA) is 0 Å². The molecule has 3 aromatic carbocycles. The van der Waals surface area contributed by atoms with E-state index in [9.17, 15) is 4.39 Å². The average Bonchev–Trinajstić information content (AvgIpc) is 2.47. The summed E-state index contributed by atoms with van der Waals surface area (Å²) in [5.41, 5.74) is 3.35. The van der Waals surface area contributed by atoms with Crippen LogP contribution in [0, 0.1) is 12.7 Å². The molecule has 0 saturated heterocycles. The van der Waals surface area contributed by atoms with Crippen LogP contribution in [0.1, 0.15) is 21.5 Å². The molecule has 100 valence electrons. The first-order valence-corrected chi connectivity index (χ1v) is 7.46. The highest BCUT2D eigenvalue weighted by Crippen LogP contribution is 2.36. The zero-order valence-electron chi connectivity index (χ0n) is 11.1. The second-order valence-corrected chi connectivity index (χ2v) is 5.85. The minimum Gasteiger partial charge on any atom is -0.207 e. The maximum Gasteiger partial charge on any atom is 0.123 e. The van der Waals surface area contributed by atoms with E-state index in [4.69, 9.17) is 0 Å². The van der Waals surface area contributed by atoms with E-state index in [0.29, 0.717) is 0 Å². The molecule has 1 atom stereocenters. The Morgan fingerprint density at radius 1 is 0.900 bits per heavy atom. The van der Waals surface area contributed by atoms with E-state index in [1.807, 2.05) is 18.2 Å². The van der Waals surface area contributed by atoms with Crippen molar-refractivity contribution in [3.8, 4) is 0 Å². The van der Waals surface area contributed by atoms with Crippen LogP contribution in [0.25, 0.3) is 10.8 Å². The highest BCUT2D eigenvalue weighted by molar-refractivity contribution is 9.09. The van der Waals surface area contributed by atoms with Gasteiger partial charge in [0.05, 0.1) is 4.83 Å². The van der Waals surface area contributed by atoms with Gasteiger partial charge in [-0.05, 0) is 46.5 Å². The largest absolute Gasteiger partial charge is 0.207 e. The third-order valence-corrected chi connectivity index (χ3v) is 4.61. The van der Waals surface area contributed by atoms with E-state index in [0.717, 1.165) is 11.1 Å². The van der Waals surface area contributed by atoms with Gasteiger partial charge in [-0.15, -0.1) is 0 Å². The van der Waals surface area contributed by atoms with E-state index >= 15 is 0 Å². The number of hydrogen-bond acceptors (Lipinski definition) is 0. The lowest BCUT2D eigenvalue weighted by Crippen LogP contribution is -1.95. The number of alkyl halides is 1. The summed E-state index contributed by atoms with van der Waals surface area (Å²) in [4.78, 5) is -0.0105. The van der Waals surface area contributed by atoms with Gasteiger partial charge in [-0.25, -0.2) is 4.39 Å². The van der Waals surface area contributed by atoms with Gasteiger partial charge in [0.25, 0.3) is 0 Å². The summed E-state index contributed by atoms with van der Waals surface area (Å²) < 4.78 is 13.4. The zero-order chi connectivity index (χ0) is 14.1. The summed E-state index contributed by atoms with van der Waals surface area (Å²) >= 11 is 3.71. The SMILES string of the molecule is Cc1ccc(C(Br)c2cccc(F)c2)c2ccccc12. The Kier molecular flexibility index (Phi) is 3.58. The minimum absolute atomic E-state index is 0.0105. The Labute approximate surface area is 126 Å².